The van der Waals surface area contributed by atoms with E-state index in [4.69, 9.17) is 4.74 Å². The van der Waals surface area contributed by atoms with Crippen molar-refractivity contribution in [2.45, 2.75) is 52.7 Å². The molecule has 4 nitrogen and oxygen atoms in total. The van der Waals surface area contributed by atoms with Gasteiger partial charge in [0.1, 0.15) is 11.4 Å². The summed E-state index contributed by atoms with van der Waals surface area (Å²) in [5.74, 6) is 0.117. The Morgan fingerprint density at radius 3 is 2.25 bits per heavy atom. The van der Waals surface area contributed by atoms with Crippen molar-refractivity contribution in [2.75, 3.05) is 6.54 Å². The lowest BCUT2D eigenvalue weighted by atomic mass is 9.98. The summed E-state index contributed by atoms with van der Waals surface area (Å²) in [4.78, 5) is 24.8. The van der Waals surface area contributed by atoms with Gasteiger partial charge in [0.05, 0.1) is 0 Å². The van der Waals surface area contributed by atoms with Gasteiger partial charge in [-0.15, -0.1) is 0 Å². The molecule has 1 aliphatic heterocycles. The predicted molar refractivity (Wildman–Crippen MR) is 61.2 cm³/mol. The topological polar surface area (TPSA) is 46.6 Å². The van der Waals surface area contributed by atoms with Gasteiger partial charge in [0.15, 0.2) is 0 Å². The number of nitrogens with zero attached hydrogens (tertiary/aromatic N) is 1. The molecule has 0 spiro atoms. The number of hydrogen-bond acceptors (Lipinski definition) is 3. The minimum absolute atomic E-state index is 0.0347. The zero-order valence-corrected chi connectivity index (χ0v) is 10.7. The van der Waals surface area contributed by atoms with Crippen LogP contribution in [0.15, 0.2) is 0 Å². The SMILES string of the molecule is CC(=O)C1CCN(C(=O)OC(C)(C)C)C1C. The molecular formula is C12H21NO3. The van der Waals surface area contributed by atoms with Crippen molar-refractivity contribution in [2.24, 2.45) is 5.92 Å². The zero-order chi connectivity index (χ0) is 12.5. The molecule has 0 aromatic carbocycles. The molecule has 0 radical (unpaired) electrons. The monoisotopic (exact) mass is 227 g/mol. The van der Waals surface area contributed by atoms with E-state index < -0.39 is 5.60 Å². The summed E-state index contributed by atoms with van der Waals surface area (Å²) in [6.07, 6.45) is 0.430. The first kappa shape index (κ1) is 13.0. The third-order valence-corrected chi connectivity index (χ3v) is 2.91. The van der Waals surface area contributed by atoms with Gasteiger partial charge >= 0.3 is 6.09 Å². The van der Waals surface area contributed by atoms with Crippen molar-refractivity contribution in [3.05, 3.63) is 0 Å². The van der Waals surface area contributed by atoms with E-state index in [0.29, 0.717) is 6.54 Å². The third kappa shape index (κ3) is 2.97. The maximum atomic E-state index is 11.8. The van der Waals surface area contributed by atoms with Crippen LogP contribution in [0.1, 0.15) is 41.0 Å². The molecule has 92 valence electrons. The van der Waals surface area contributed by atoms with Crippen molar-refractivity contribution in [3.63, 3.8) is 0 Å². The Labute approximate surface area is 96.9 Å². The smallest absolute Gasteiger partial charge is 0.410 e. The van der Waals surface area contributed by atoms with Crippen LogP contribution in [0.3, 0.4) is 0 Å². The summed E-state index contributed by atoms with van der Waals surface area (Å²) in [7, 11) is 0. The van der Waals surface area contributed by atoms with Gasteiger partial charge in [-0.1, -0.05) is 0 Å². The minimum atomic E-state index is -0.481. The van der Waals surface area contributed by atoms with E-state index in [1.54, 1.807) is 11.8 Å². The summed E-state index contributed by atoms with van der Waals surface area (Å²) in [5, 5.41) is 0. The summed E-state index contributed by atoms with van der Waals surface area (Å²) < 4.78 is 5.30. The Hall–Kier alpha value is -1.06. The Morgan fingerprint density at radius 2 is 1.88 bits per heavy atom. The molecule has 1 heterocycles. The van der Waals surface area contributed by atoms with E-state index in [1.807, 2.05) is 27.7 Å². The average Bonchev–Trinajstić information content (AvgIpc) is 2.43. The Kier molecular flexibility index (Phi) is 3.61. The van der Waals surface area contributed by atoms with Crippen LogP contribution in [0.5, 0.6) is 0 Å². The number of likely N-dealkylation sites (tertiary alicyclic amines) is 1. The van der Waals surface area contributed by atoms with Gasteiger partial charge in [0.2, 0.25) is 0 Å². The quantitative estimate of drug-likeness (QED) is 0.690. The Balaban J connectivity index is 2.63. The second kappa shape index (κ2) is 4.44. The van der Waals surface area contributed by atoms with Crippen molar-refractivity contribution in [1.29, 1.82) is 0 Å². The van der Waals surface area contributed by atoms with Crippen LogP contribution < -0.4 is 0 Å². The molecule has 0 N–H and O–H groups in total. The van der Waals surface area contributed by atoms with E-state index >= 15 is 0 Å². The second-order valence-corrected chi connectivity index (χ2v) is 5.42. The molecule has 1 saturated heterocycles. The van der Waals surface area contributed by atoms with Crippen LogP contribution in [-0.2, 0) is 9.53 Å². The molecule has 1 amide bonds. The maximum absolute atomic E-state index is 11.8. The molecule has 16 heavy (non-hydrogen) atoms. The number of amides is 1. The van der Waals surface area contributed by atoms with Crippen LogP contribution in [0.2, 0.25) is 0 Å². The van der Waals surface area contributed by atoms with Gasteiger partial charge in [-0.3, -0.25) is 4.79 Å². The minimum Gasteiger partial charge on any atom is -0.444 e. The molecule has 0 aliphatic carbocycles. The molecule has 4 heteroatoms. The number of hydrogen-bond donors (Lipinski definition) is 0. The molecule has 2 unspecified atom stereocenters. The first-order chi connectivity index (χ1) is 7.22. The summed E-state index contributed by atoms with van der Waals surface area (Å²) in [6.45, 7) is 9.62. The fourth-order valence-corrected chi connectivity index (χ4v) is 2.06. The number of carbonyl (C=O) groups excluding carboxylic acids is 2. The van der Waals surface area contributed by atoms with Crippen molar-refractivity contribution in [3.8, 4) is 0 Å². The van der Waals surface area contributed by atoms with Crippen LogP contribution in [0.4, 0.5) is 4.79 Å². The average molecular weight is 227 g/mol. The van der Waals surface area contributed by atoms with Gasteiger partial charge in [-0.25, -0.2) is 4.79 Å². The summed E-state index contributed by atoms with van der Waals surface area (Å²) >= 11 is 0. The van der Waals surface area contributed by atoms with Crippen molar-refractivity contribution in [1.82, 2.24) is 4.90 Å². The molecular weight excluding hydrogens is 206 g/mol. The molecule has 2 atom stereocenters. The first-order valence-electron chi connectivity index (χ1n) is 5.72. The zero-order valence-electron chi connectivity index (χ0n) is 10.7. The molecule has 0 bridgehead atoms. The third-order valence-electron chi connectivity index (χ3n) is 2.91. The van der Waals surface area contributed by atoms with Gasteiger partial charge in [0.25, 0.3) is 0 Å². The highest BCUT2D eigenvalue weighted by molar-refractivity contribution is 5.81. The lowest BCUT2D eigenvalue weighted by Crippen LogP contribution is -2.40. The van der Waals surface area contributed by atoms with Crippen LogP contribution in [0, 0.1) is 5.92 Å². The molecule has 1 fully saturated rings. The fourth-order valence-electron chi connectivity index (χ4n) is 2.06. The Bertz CT molecular complexity index is 293. The maximum Gasteiger partial charge on any atom is 0.410 e. The van der Waals surface area contributed by atoms with Gasteiger partial charge in [-0.2, -0.15) is 0 Å². The Morgan fingerprint density at radius 1 is 1.31 bits per heavy atom. The van der Waals surface area contributed by atoms with E-state index in [-0.39, 0.29) is 23.8 Å². The number of ether oxygens (including phenoxy) is 1. The number of ketones is 1. The van der Waals surface area contributed by atoms with Gasteiger partial charge < -0.3 is 9.64 Å². The van der Waals surface area contributed by atoms with Crippen LogP contribution in [0.25, 0.3) is 0 Å². The lowest BCUT2D eigenvalue weighted by Gasteiger charge is -2.28. The van der Waals surface area contributed by atoms with E-state index in [2.05, 4.69) is 0 Å². The molecule has 1 rings (SSSR count). The summed E-state index contributed by atoms with van der Waals surface area (Å²) in [5.41, 5.74) is -0.481. The number of carbonyl (C=O) groups is 2. The van der Waals surface area contributed by atoms with Crippen LogP contribution >= 0.6 is 0 Å². The van der Waals surface area contributed by atoms with Crippen molar-refractivity contribution >= 4 is 11.9 Å². The highest BCUT2D eigenvalue weighted by Crippen LogP contribution is 2.26. The van der Waals surface area contributed by atoms with Crippen LogP contribution in [-0.4, -0.2) is 35.0 Å². The highest BCUT2D eigenvalue weighted by Gasteiger charge is 2.38. The molecule has 0 aromatic rings. The lowest BCUT2D eigenvalue weighted by molar-refractivity contribution is -0.121. The molecule has 1 aliphatic rings. The largest absolute Gasteiger partial charge is 0.444 e. The highest BCUT2D eigenvalue weighted by atomic mass is 16.6. The first-order valence-corrected chi connectivity index (χ1v) is 5.72. The molecule has 0 aromatic heterocycles. The van der Waals surface area contributed by atoms with E-state index in [1.165, 1.54) is 0 Å². The summed E-state index contributed by atoms with van der Waals surface area (Å²) in [6, 6.07) is -0.0488. The van der Waals surface area contributed by atoms with Gasteiger partial charge in [-0.05, 0) is 41.0 Å². The van der Waals surface area contributed by atoms with E-state index in [9.17, 15) is 9.59 Å². The standard InChI is InChI=1S/C12H21NO3/c1-8-10(9(2)14)6-7-13(8)11(15)16-12(3,4)5/h8,10H,6-7H2,1-5H3. The van der Waals surface area contributed by atoms with Crippen molar-refractivity contribution < 1.29 is 14.3 Å². The second-order valence-electron chi connectivity index (χ2n) is 5.42. The van der Waals surface area contributed by atoms with Gasteiger partial charge in [0, 0.05) is 18.5 Å². The number of rotatable bonds is 1. The fraction of sp³-hybridized carbons (Fsp3) is 0.833. The molecule has 0 saturated carbocycles. The number of Topliss-reactive ketones (excluding diaryl/α,β-unsaturated/α-hetero) is 1. The predicted octanol–water partition coefficient (Wildman–Crippen LogP) is 2.22. The van der Waals surface area contributed by atoms with E-state index in [0.717, 1.165) is 6.42 Å². The normalized spacial score (nSPS) is 25.7.